The molecule has 2 aliphatic rings. The smallest absolute Gasteiger partial charge is 0.210 e. The van der Waals surface area contributed by atoms with E-state index in [4.69, 9.17) is 0 Å². The Morgan fingerprint density at radius 2 is 1.62 bits per heavy atom. The first-order chi connectivity index (χ1) is 16.3. The molecule has 1 aliphatic carbocycles. The second-order valence-corrected chi connectivity index (χ2v) is 11.5. The van der Waals surface area contributed by atoms with Gasteiger partial charge < -0.3 is 5.43 Å². The summed E-state index contributed by atoms with van der Waals surface area (Å²) in [7, 11) is 0. The molecule has 1 saturated carbocycles. The molecule has 3 aromatic rings. The van der Waals surface area contributed by atoms with Gasteiger partial charge in [0, 0.05) is 11.0 Å². The fourth-order valence-corrected chi connectivity index (χ4v) is 6.14. The molecule has 0 saturated heterocycles. The maximum atomic E-state index is 13.8. The van der Waals surface area contributed by atoms with Gasteiger partial charge in [-0.3, -0.25) is 4.79 Å². The largest absolute Gasteiger partial charge is 0.313 e. The van der Waals surface area contributed by atoms with E-state index in [0.29, 0.717) is 16.6 Å². The van der Waals surface area contributed by atoms with Crippen molar-refractivity contribution in [2.75, 3.05) is 5.43 Å². The van der Waals surface area contributed by atoms with Crippen molar-refractivity contribution in [1.29, 1.82) is 0 Å². The molecule has 0 spiro atoms. The number of halogens is 1. The van der Waals surface area contributed by atoms with Crippen molar-refractivity contribution in [3.63, 3.8) is 0 Å². The quantitative estimate of drug-likeness (QED) is 0.440. The van der Waals surface area contributed by atoms with Crippen molar-refractivity contribution in [3.8, 4) is 0 Å². The number of fused-ring (bicyclic) bond motifs is 1. The summed E-state index contributed by atoms with van der Waals surface area (Å²) in [5.41, 5.74) is 6.13. The van der Waals surface area contributed by atoms with E-state index in [1.165, 1.54) is 61.6 Å². The molecule has 5 nitrogen and oxygen atoms in total. The molecule has 0 unspecified atom stereocenters. The fourth-order valence-electron chi connectivity index (χ4n) is 4.98. The predicted molar refractivity (Wildman–Crippen MR) is 133 cm³/mol. The summed E-state index contributed by atoms with van der Waals surface area (Å²) >= 11 is 1.42. The summed E-state index contributed by atoms with van der Waals surface area (Å²) < 4.78 is 15.5. The zero-order chi connectivity index (χ0) is 23.9. The Balaban J connectivity index is 1.47. The summed E-state index contributed by atoms with van der Waals surface area (Å²) in [5, 5.41) is 8.99. The molecule has 0 bridgehead atoms. The lowest BCUT2D eigenvalue weighted by Crippen LogP contribution is -2.40. The number of aromatic nitrogens is 3. The second-order valence-electron chi connectivity index (χ2n) is 10.4. The third-order valence-corrected chi connectivity index (χ3v) is 8.08. The minimum absolute atomic E-state index is 0.0357. The van der Waals surface area contributed by atoms with Crippen LogP contribution in [0.1, 0.15) is 92.1 Å². The summed E-state index contributed by atoms with van der Waals surface area (Å²) in [5.74, 6) is 1.14. The van der Waals surface area contributed by atoms with E-state index in [-0.39, 0.29) is 23.1 Å². The molecule has 1 fully saturated rings. The summed E-state index contributed by atoms with van der Waals surface area (Å²) in [4.78, 5) is 13.8. The van der Waals surface area contributed by atoms with E-state index in [1.54, 1.807) is 12.1 Å². The van der Waals surface area contributed by atoms with Crippen LogP contribution >= 0.6 is 11.8 Å². The normalized spacial score (nSPS) is 21.1. The molecule has 34 heavy (non-hydrogen) atoms. The number of hydrogen-bond donors (Lipinski definition) is 1. The van der Waals surface area contributed by atoms with Crippen LogP contribution in [0.3, 0.4) is 0 Å². The molecule has 7 heteroatoms. The van der Waals surface area contributed by atoms with Crippen LogP contribution < -0.4 is 5.43 Å². The summed E-state index contributed by atoms with van der Waals surface area (Å²) in [6, 6.07) is 14.2. The van der Waals surface area contributed by atoms with Gasteiger partial charge in [-0.25, -0.2) is 9.07 Å². The van der Waals surface area contributed by atoms with Crippen LogP contribution in [-0.2, 0) is 5.41 Å². The zero-order valence-electron chi connectivity index (χ0n) is 19.9. The Morgan fingerprint density at radius 3 is 2.26 bits per heavy atom. The third-order valence-electron chi connectivity index (χ3n) is 6.87. The first-order valence-corrected chi connectivity index (χ1v) is 13.0. The van der Waals surface area contributed by atoms with Crippen LogP contribution in [0.4, 0.5) is 4.39 Å². The number of ketones is 1. The van der Waals surface area contributed by atoms with Gasteiger partial charge in [-0.1, -0.05) is 88.2 Å². The van der Waals surface area contributed by atoms with Crippen LogP contribution in [0, 0.1) is 5.82 Å². The minimum Gasteiger partial charge on any atom is -0.313 e. The highest BCUT2D eigenvalue weighted by molar-refractivity contribution is 8.00. The monoisotopic (exact) mass is 478 g/mol. The average molecular weight is 479 g/mol. The molecule has 1 aromatic heterocycles. The Kier molecular flexibility index (Phi) is 6.23. The maximum absolute atomic E-state index is 13.8. The van der Waals surface area contributed by atoms with Gasteiger partial charge in [0.15, 0.2) is 11.6 Å². The van der Waals surface area contributed by atoms with E-state index < -0.39 is 5.25 Å². The fraction of sp³-hybridized carbons (Fsp3) is 0.444. The van der Waals surface area contributed by atoms with E-state index in [2.05, 4.69) is 48.5 Å². The number of nitrogens with one attached hydrogen (secondary N) is 1. The summed E-state index contributed by atoms with van der Waals surface area (Å²) in [6.45, 7) is 6.23. The van der Waals surface area contributed by atoms with Gasteiger partial charge in [0.2, 0.25) is 5.16 Å². The van der Waals surface area contributed by atoms with Crippen molar-refractivity contribution in [1.82, 2.24) is 14.9 Å². The lowest BCUT2D eigenvalue weighted by Gasteiger charge is -2.34. The lowest BCUT2D eigenvalue weighted by molar-refractivity contribution is 0.0980. The van der Waals surface area contributed by atoms with Crippen molar-refractivity contribution in [2.24, 2.45) is 0 Å². The summed E-state index contributed by atoms with van der Waals surface area (Å²) in [6.07, 6.45) is 6.35. The van der Waals surface area contributed by atoms with E-state index in [0.717, 1.165) is 11.4 Å². The lowest BCUT2D eigenvalue weighted by atomic mass is 9.83. The number of Topliss-reactive ketones (excluding diaryl/α,β-unsaturated/α-hetero) is 1. The molecule has 1 aliphatic heterocycles. The van der Waals surface area contributed by atoms with Gasteiger partial charge in [0.1, 0.15) is 11.1 Å². The van der Waals surface area contributed by atoms with Crippen molar-refractivity contribution < 1.29 is 9.18 Å². The van der Waals surface area contributed by atoms with E-state index in [1.807, 2.05) is 16.8 Å². The number of carbonyl (C=O) groups excluding carboxylic acids is 1. The van der Waals surface area contributed by atoms with Gasteiger partial charge in [-0.2, -0.15) is 0 Å². The molecule has 178 valence electrons. The first-order valence-electron chi connectivity index (χ1n) is 12.1. The third kappa shape index (κ3) is 4.50. The van der Waals surface area contributed by atoms with Crippen LogP contribution in [0.5, 0.6) is 0 Å². The Hall–Kier alpha value is -2.67. The molecular formula is C27H31FN4OS. The molecule has 2 aromatic carbocycles. The van der Waals surface area contributed by atoms with Gasteiger partial charge in [-0.15, -0.1) is 10.2 Å². The number of rotatable bonds is 4. The molecule has 2 heterocycles. The molecule has 2 atom stereocenters. The molecule has 0 radical (unpaired) electrons. The Morgan fingerprint density at radius 1 is 0.971 bits per heavy atom. The Labute approximate surface area is 204 Å². The highest BCUT2D eigenvalue weighted by Gasteiger charge is 2.39. The van der Waals surface area contributed by atoms with Crippen molar-refractivity contribution >= 4 is 17.5 Å². The molecule has 1 N–H and O–H groups in total. The average Bonchev–Trinajstić information content (AvgIpc) is 3.28. The SMILES string of the molecule is CC(C)(C)c1nnc2n1N[C@@H](c1ccc(F)cc1)[C@H](C(=O)c1ccc(C3CCCCC3)cc1)S2. The van der Waals surface area contributed by atoms with Gasteiger partial charge in [0.25, 0.3) is 0 Å². The standard InChI is InChI=1S/C27H31FN4OS/c1-27(2,3)25-29-30-26-32(25)31-22(19-13-15-21(28)16-14-19)24(34-26)23(33)20-11-9-18(10-12-20)17-7-5-4-6-8-17/h9-17,22,24,31H,4-8H2,1-3H3/t22-,24+/m0/s1. The predicted octanol–water partition coefficient (Wildman–Crippen LogP) is 6.40. The van der Waals surface area contributed by atoms with Gasteiger partial charge in [-0.05, 0) is 42.0 Å². The van der Waals surface area contributed by atoms with Crippen LogP contribution in [0.25, 0.3) is 0 Å². The molecule has 5 rings (SSSR count). The van der Waals surface area contributed by atoms with Crippen LogP contribution in [0.15, 0.2) is 53.7 Å². The number of carbonyl (C=O) groups is 1. The minimum atomic E-state index is -0.449. The van der Waals surface area contributed by atoms with Gasteiger partial charge >= 0.3 is 0 Å². The number of hydrogen-bond acceptors (Lipinski definition) is 5. The highest BCUT2D eigenvalue weighted by atomic mass is 32.2. The van der Waals surface area contributed by atoms with Gasteiger partial charge in [0.05, 0.1) is 6.04 Å². The second kappa shape index (κ2) is 9.17. The highest BCUT2D eigenvalue weighted by Crippen LogP contribution is 2.40. The number of benzene rings is 2. The number of nitrogens with zero attached hydrogens (tertiary/aromatic N) is 3. The van der Waals surface area contributed by atoms with E-state index in [9.17, 15) is 9.18 Å². The van der Waals surface area contributed by atoms with Crippen LogP contribution in [-0.4, -0.2) is 25.9 Å². The van der Waals surface area contributed by atoms with Crippen molar-refractivity contribution in [3.05, 3.63) is 76.9 Å². The van der Waals surface area contributed by atoms with Crippen LogP contribution in [0.2, 0.25) is 0 Å². The first kappa shape index (κ1) is 23.1. The number of thioether (sulfide) groups is 1. The van der Waals surface area contributed by atoms with E-state index >= 15 is 0 Å². The van der Waals surface area contributed by atoms with Crippen molar-refractivity contribution in [2.45, 2.75) is 80.7 Å². The molecule has 0 amide bonds. The Bertz CT molecular complexity index is 1160. The topological polar surface area (TPSA) is 59.8 Å². The zero-order valence-corrected chi connectivity index (χ0v) is 20.7. The molecular weight excluding hydrogens is 447 g/mol. The maximum Gasteiger partial charge on any atom is 0.210 e.